The number of nitrogens with zero attached hydrogens (tertiary/aromatic N) is 5. The Hall–Kier alpha value is -3.61. The van der Waals surface area contributed by atoms with Gasteiger partial charge in [-0.15, -0.1) is 0 Å². The number of hydrogen-bond donors (Lipinski definition) is 2. The van der Waals surface area contributed by atoms with Crippen LogP contribution >= 0.6 is 0 Å². The lowest BCUT2D eigenvalue weighted by Crippen LogP contribution is -2.20. The predicted octanol–water partition coefficient (Wildman–Crippen LogP) is 4.87. The number of aromatic nitrogens is 6. The molecule has 0 aliphatic heterocycles. The van der Waals surface area contributed by atoms with Crippen LogP contribution in [-0.2, 0) is 6.42 Å². The predicted molar refractivity (Wildman–Crippen MR) is 124 cm³/mol. The minimum atomic E-state index is 0.175. The maximum Gasteiger partial charge on any atom is 0.180 e. The third-order valence-electron chi connectivity index (χ3n) is 5.76. The number of nitrogens with one attached hydrogen (secondary N) is 2. The standard InChI is InChI=1S/C24H27N7/c1-15(2)21-13-27-24-23(29-22(14-31(21)24)30-10-9-25-17(30)4)28-16(3)11-18-12-26-20-8-6-5-7-19(18)20/h5-10,12-16,26H,11H2,1-4H3,(H,28,29)/t16-/m0/s1. The van der Waals surface area contributed by atoms with E-state index in [1.165, 1.54) is 10.9 Å². The zero-order valence-electron chi connectivity index (χ0n) is 18.3. The number of imidazole rings is 2. The van der Waals surface area contributed by atoms with Crippen LogP contribution in [0.2, 0.25) is 0 Å². The first-order valence-electron chi connectivity index (χ1n) is 10.7. The van der Waals surface area contributed by atoms with Crippen LogP contribution in [0.25, 0.3) is 22.4 Å². The largest absolute Gasteiger partial charge is 0.364 e. The Labute approximate surface area is 181 Å². The van der Waals surface area contributed by atoms with Crippen molar-refractivity contribution >= 4 is 22.4 Å². The number of rotatable bonds is 6. The number of fused-ring (bicyclic) bond motifs is 2. The fourth-order valence-corrected chi connectivity index (χ4v) is 4.17. The van der Waals surface area contributed by atoms with Crippen molar-refractivity contribution in [3.05, 3.63) is 72.3 Å². The van der Waals surface area contributed by atoms with Gasteiger partial charge in [0.05, 0.1) is 6.20 Å². The summed E-state index contributed by atoms with van der Waals surface area (Å²) < 4.78 is 4.15. The molecule has 7 nitrogen and oxygen atoms in total. The van der Waals surface area contributed by atoms with E-state index in [2.05, 4.69) is 70.9 Å². The summed E-state index contributed by atoms with van der Waals surface area (Å²) in [6.07, 6.45) is 10.7. The van der Waals surface area contributed by atoms with Gasteiger partial charge in [0, 0.05) is 47.4 Å². The number of aromatic amines is 1. The highest BCUT2D eigenvalue weighted by atomic mass is 15.2. The van der Waals surface area contributed by atoms with Crippen molar-refractivity contribution in [2.75, 3.05) is 5.32 Å². The van der Waals surface area contributed by atoms with E-state index in [9.17, 15) is 0 Å². The second-order valence-corrected chi connectivity index (χ2v) is 8.43. The molecule has 0 fully saturated rings. The first-order chi connectivity index (χ1) is 15.0. The number of hydrogen-bond acceptors (Lipinski definition) is 4. The summed E-state index contributed by atoms with van der Waals surface area (Å²) in [4.78, 5) is 17.3. The van der Waals surface area contributed by atoms with Gasteiger partial charge in [-0.1, -0.05) is 32.0 Å². The molecule has 0 spiro atoms. The SMILES string of the molecule is Cc1nccn1-c1cn2c(C(C)C)cnc2c(N[C@@H](C)Cc2c[nH]c3ccccc23)n1. The highest BCUT2D eigenvalue weighted by molar-refractivity contribution is 5.83. The number of aryl methyl sites for hydroxylation is 1. The molecule has 0 radical (unpaired) electrons. The molecular formula is C24H27N7. The van der Waals surface area contributed by atoms with Crippen LogP contribution in [0, 0.1) is 6.92 Å². The maximum atomic E-state index is 4.93. The fourth-order valence-electron chi connectivity index (χ4n) is 4.17. The van der Waals surface area contributed by atoms with Gasteiger partial charge in [-0.3, -0.25) is 8.97 Å². The van der Waals surface area contributed by atoms with Gasteiger partial charge in [0.1, 0.15) is 5.82 Å². The van der Waals surface area contributed by atoms with Crippen LogP contribution in [0.5, 0.6) is 0 Å². The summed E-state index contributed by atoms with van der Waals surface area (Å²) >= 11 is 0. The average molecular weight is 414 g/mol. The number of para-hydroxylation sites is 1. The van der Waals surface area contributed by atoms with Gasteiger partial charge < -0.3 is 10.3 Å². The number of H-pyrrole nitrogens is 1. The molecule has 4 aromatic heterocycles. The summed E-state index contributed by atoms with van der Waals surface area (Å²) in [6, 6.07) is 8.58. The molecule has 31 heavy (non-hydrogen) atoms. The van der Waals surface area contributed by atoms with Gasteiger partial charge in [0.15, 0.2) is 17.3 Å². The molecule has 0 aliphatic rings. The highest BCUT2D eigenvalue weighted by Gasteiger charge is 2.17. The molecule has 2 N–H and O–H groups in total. The smallest absolute Gasteiger partial charge is 0.180 e. The normalized spacial score (nSPS) is 12.8. The van der Waals surface area contributed by atoms with Gasteiger partial charge in [-0.2, -0.15) is 0 Å². The van der Waals surface area contributed by atoms with Crippen LogP contribution in [0.1, 0.15) is 43.8 Å². The minimum Gasteiger partial charge on any atom is -0.364 e. The third kappa shape index (κ3) is 3.46. The van der Waals surface area contributed by atoms with E-state index in [4.69, 9.17) is 9.97 Å². The molecule has 5 rings (SSSR count). The van der Waals surface area contributed by atoms with Gasteiger partial charge >= 0.3 is 0 Å². The van der Waals surface area contributed by atoms with Crippen LogP contribution in [0.15, 0.2) is 55.2 Å². The van der Waals surface area contributed by atoms with Gasteiger partial charge in [0.25, 0.3) is 0 Å². The molecular weight excluding hydrogens is 386 g/mol. The van der Waals surface area contributed by atoms with Crippen LogP contribution < -0.4 is 5.32 Å². The van der Waals surface area contributed by atoms with Crippen molar-refractivity contribution < 1.29 is 0 Å². The Kier molecular flexibility index (Phi) is 4.73. The van der Waals surface area contributed by atoms with E-state index in [0.29, 0.717) is 5.92 Å². The fraction of sp³-hybridized carbons (Fsp3) is 0.292. The molecule has 0 unspecified atom stereocenters. The van der Waals surface area contributed by atoms with Crippen molar-refractivity contribution in [2.24, 2.45) is 0 Å². The summed E-state index contributed by atoms with van der Waals surface area (Å²) in [6.45, 7) is 8.52. The Balaban J connectivity index is 1.53. The Morgan fingerprint density at radius 2 is 1.97 bits per heavy atom. The molecule has 0 bridgehead atoms. The van der Waals surface area contributed by atoms with E-state index in [0.717, 1.165) is 40.7 Å². The highest BCUT2D eigenvalue weighted by Crippen LogP contribution is 2.25. The monoisotopic (exact) mass is 413 g/mol. The Bertz CT molecular complexity index is 1360. The van der Waals surface area contributed by atoms with Gasteiger partial charge in [-0.25, -0.2) is 15.0 Å². The van der Waals surface area contributed by atoms with Gasteiger partial charge in [-0.05, 0) is 37.8 Å². The Morgan fingerprint density at radius 1 is 1.13 bits per heavy atom. The number of anilines is 1. The maximum absolute atomic E-state index is 4.93. The molecule has 7 heteroatoms. The zero-order valence-corrected chi connectivity index (χ0v) is 18.3. The minimum absolute atomic E-state index is 0.175. The lowest BCUT2D eigenvalue weighted by atomic mass is 10.1. The van der Waals surface area contributed by atoms with Gasteiger partial charge in [0.2, 0.25) is 0 Å². The molecule has 158 valence electrons. The van der Waals surface area contributed by atoms with E-state index in [1.807, 2.05) is 30.1 Å². The Morgan fingerprint density at radius 3 is 2.74 bits per heavy atom. The van der Waals surface area contributed by atoms with Crippen molar-refractivity contribution in [1.29, 1.82) is 0 Å². The summed E-state index contributed by atoms with van der Waals surface area (Å²) in [7, 11) is 0. The second kappa shape index (κ2) is 7.58. The first kappa shape index (κ1) is 19.4. The molecule has 0 saturated carbocycles. The summed E-state index contributed by atoms with van der Waals surface area (Å²) in [5, 5.41) is 4.88. The molecule has 1 atom stereocenters. The molecule has 0 saturated heterocycles. The quantitative estimate of drug-likeness (QED) is 0.416. The van der Waals surface area contributed by atoms with Crippen LogP contribution in [0.3, 0.4) is 0 Å². The summed E-state index contributed by atoms with van der Waals surface area (Å²) in [5.74, 6) is 2.86. The lowest BCUT2D eigenvalue weighted by molar-refractivity contribution is 0.778. The molecule has 1 aromatic carbocycles. The lowest BCUT2D eigenvalue weighted by Gasteiger charge is -2.17. The molecule has 0 aliphatic carbocycles. The summed E-state index contributed by atoms with van der Waals surface area (Å²) in [5.41, 5.74) is 4.46. The topological polar surface area (TPSA) is 75.8 Å². The van der Waals surface area contributed by atoms with Crippen molar-refractivity contribution in [3.8, 4) is 5.82 Å². The van der Waals surface area contributed by atoms with Crippen molar-refractivity contribution in [1.82, 2.24) is 28.9 Å². The van der Waals surface area contributed by atoms with E-state index < -0.39 is 0 Å². The van der Waals surface area contributed by atoms with E-state index >= 15 is 0 Å². The first-order valence-corrected chi connectivity index (χ1v) is 10.7. The van der Waals surface area contributed by atoms with Crippen LogP contribution in [-0.4, -0.2) is 34.9 Å². The molecule has 0 amide bonds. The average Bonchev–Trinajstić information content (AvgIpc) is 3.46. The van der Waals surface area contributed by atoms with E-state index in [-0.39, 0.29) is 6.04 Å². The zero-order chi connectivity index (χ0) is 21.5. The van der Waals surface area contributed by atoms with Crippen molar-refractivity contribution in [2.45, 2.75) is 46.1 Å². The molecule has 4 heterocycles. The molecule has 5 aromatic rings. The third-order valence-corrected chi connectivity index (χ3v) is 5.76. The van der Waals surface area contributed by atoms with Crippen molar-refractivity contribution in [3.63, 3.8) is 0 Å². The van der Waals surface area contributed by atoms with Crippen LogP contribution in [0.4, 0.5) is 5.82 Å². The van der Waals surface area contributed by atoms with E-state index in [1.54, 1.807) is 6.20 Å². The second-order valence-electron chi connectivity index (χ2n) is 8.43. The number of benzene rings is 1.